The van der Waals surface area contributed by atoms with Crippen molar-refractivity contribution in [3.63, 3.8) is 0 Å². The maximum atomic E-state index is 5.37. The zero-order chi connectivity index (χ0) is 15.1. The SMILES string of the molecule is COCCNCC1(Cc2cc(OC)ccc2Br)CCCC1. The highest BCUT2D eigenvalue weighted by Gasteiger charge is 2.34. The van der Waals surface area contributed by atoms with Gasteiger partial charge in [0.15, 0.2) is 0 Å². The van der Waals surface area contributed by atoms with Gasteiger partial charge < -0.3 is 14.8 Å². The van der Waals surface area contributed by atoms with Crippen LogP contribution in [-0.4, -0.2) is 33.9 Å². The quantitative estimate of drug-likeness (QED) is 0.719. The summed E-state index contributed by atoms with van der Waals surface area (Å²) < 4.78 is 11.7. The number of benzene rings is 1. The molecular formula is C17H26BrNO2. The van der Waals surface area contributed by atoms with E-state index in [2.05, 4.69) is 33.4 Å². The van der Waals surface area contributed by atoms with Crippen molar-refractivity contribution < 1.29 is 9.47 Å². The summed E-state index contributed by atoms with van der Waals surface area (Å²) in [5.41, 5.74) is 1.73. The Morgan fingerprint density at radius 2 is 2.00 bits per heavy atom. The highest BCUT2D eigenvalue weighted by atomic mass is 79.9. The Kier molecular flexibility index (Phi) is 6.52. The third-order valence-corrected chi connectivity index (χ3v) is 5.24. The van der Waals surface area contributed by atoms with E-state index in [4.69, 9.17) is 9.47 Å². The molecule has 0 unspecified atom stereocenters. The van der Waals surface area contributed by atoms with Crippen LogP contribution in [0.1, 0.15) is 31.2 Å². The number of hydrogen-bond donors (Lipinski definition) is 1. The zero-order valence-corrected chi connectivity index (χ0v) is 14.7. The van der Waals surface area contributed by atoms with Gasteiger partial charge in [0, 0.05) is 24.7 Å². The number of ether oxygens (including phenoxy) is 2. The van der Waals surface area contributed by atoms with Gasteiger partial charge in [-0.3, -0.25) is 0 Å². The van der Waals surface area contributed by atoms with Crippen molar-refractivity contribution in [1.29, 1.82) is 0 Å². The highest BCUT2D eigenvalue weighted by molar-refractivity contribution is 9.10. The van der Waals surface area contributed by atoms with E-state index in [0.29, 0.717) is 5.41 Å². The van der Waals surface area contributed by atoms with Crippen LogP contribution in [0, 0.1) is 5.41 Å². The Hall–Kier alpha value is -0.580. The van der Waals surface area contributed by atoms with Crippen LogP contribution < -0.4 is 10.1 Å². The van der Waals surface area contributed by atoms with Gasteiger partial charge in [-0.15, -0.1) is 0 Å². The minimum Gasteiger partial charge on any atom is -0.497 e. The van der Waals surface area contributed by atoms with Gasteiger partial charge in [-0.25, -0.2) is 0 Å². The molecule has 1 N–H and O–H groups in total. The summed E-state index contributed by atoms with van der Waals surface area (Å²) in [5.74, 6) is 0.939. The molecule has 0 atom stereocenters. The first kappa shape index (κ1) is 16.8. The molecule has 1 aromatic rings. The predicted molar refractivity (Wildman–Crippen MR) is 90.0 cm³/mol. The molecule has 0 aliphatic heterocycles. The van der Waals surface area contributed by atoms with E-state index < -0.39 is 0 Å². The van der Waals surface area contributed by atoms with Crippen LogP contribution in [0.5, 0.6) is 5.75 Å². The third kappa shape index (κ3) is 4.70. The van der Waals surface area contributed by atoms with Gasteiger partial charge in [0.1, 0.15) is 5.75 Å². The number of nitrogens with one attached hydrogen (secondary N) is 1. The van der Waals surface area contributed by atoms with Crippen molar-refractivity contribution in [2.24, 2.45) is 5.41 Å². The molecule has 1 aliphatic rings. The molecular weight excluding hydrogens is 330 g/mol. The summed E-state index contributed by atoms with van der Waals surface area (Å²) in [5, 5.41) is 3.57. The van der Waals surface area contributed by atoms with Crippen molar-refractivity contribution in [3.8, 4) is 5.75 Å². The van der Waals surface area contributed by atoms with E-state index in [1.54, 1.807) is 14.2 Å². The van der Waals surface area contributed by atoms with E-state index in [1.165, 1.54) is 35.7 Å². The van der Waals surface area contributed by atoms with Gasteiger partial charge in [-0.1, -0.05) is 28.8 Å². The molecule has 0 aromatic heterocycles. The van der Waals surface area contributed by atoms with Gasteiger partial charge >= 0.3 is 0 Å². The largest absolute Gasteiger partial charge is 0.497 e. The molecule has 1 aromatic carbocycles. The van der Waals surface area contributed by atoms with Crippen LogP contribution in [0.25, 0.3) is 0 Å². The molecule has 0 spiro atoms. The lowest BCUT2D eigenvalue weighted by Crippen LogP contribution is -2.35. The summed E-state index contributed by atoms with van der Waals surface area (Å²) >= 11 is 3.69. The van der Waals surface area contributed by atoms with Crippen LogP contribution in [0.3, 0.4) is 0 Å². The van der Waals surface area contributed by atoms with Crippen LogP contribution in [0.15, 0.2) is 22.7 Å². The molecule has 1 saturated carbocycles. The zero-order valence-electron chi connectivity index (χ0n) is 13.1. The Balaban J connectivity index is 2.05. The third-order valence-electron chi connectivity index (χ3n) is 4.47. The second-order valence-electron chi connectivity index (χ2n) is 6.01. The average molecular weight is 356 g/mol. The molecule has 0 heterocycles. The average Bonchev–Trinajstić information content (AvgIpc) is 2.95. The van der Waals surface area contributed by atoms with Crippen molar-refractivity contribution in [3.05, 3.63) is 28.2 Å². The molecule has 0 radical (unpaired) electrons. The molecule has 1 fully saturated rings. The van der Waals surface area contributed by atoms with E-state index in [9.17, 15) is 0 Å². The Morgan fingerprint density at radius 3 is 2.67 bits per heavy atom. The van der Waals surface area contributed by atoms with Crippen LogP contribution in [-0.2, 0) is 11.2 Å². The Morgan fingerprint density at radius 1 is 1.24 bits per heavy atom. The van der Waals surface area contributed by atoms with E-state index >= 15 is 0 Å². The number of hydrogen-bond acceptors (Lipinski definition) is 3. The molecule has 0 amide bonds. The minimum atomic E-state index is 0.378. The summed E-state index contributed by atoms with van der Waals surface area (Å²) in [7, 11) is 3.48. The smallest absolute Gasteiger partial charge is 0.119 e. The monoisotopic (exact) mass is 355 g/mol. The van der Waals surface area contributed by atoms with Crippen molar-refractivity contribution >= 4 is 15.9 Å². The van der Waals surface area contributed by atoms with Crippen LogP contribution >= 0.6 is 15.9 Å². The minimum absolute atomic E-state index is 0.378. The lowest BCUT2D eigenvalue weighted by atomic mass is 9.80. The Labute approximate surface area is 136 Å². The maximum absolute atomic E-state index is 5.37. The summed E-state index contributed by atoms with van der Waals surface area (Å²) in [6.07, 6.45) is 6.39. The van der Waals surface area contributed by atoms with Gasteiger partial charge in [-0.2, -0.15) is 0 Å². The first-order chi connectivity index (χ1) is 10.2. The molecule has 4 heteroatoms. The second-order valence-corrected chi connectivity index (χ2v) is 6.87. The fraction of sp³-hybridized carbons (Fsp3) is 0.647. The standard InChI is InChI=1S/C17H26BrNO2/c1-20-10-9-19-13-17(7-3-4-8-17)12-14-11-15(21-2)5-6-16(14)18/h5-6,11,19H,3-4,7-10,12-13H2,1-2H3. The summed E-state index contributed by atoms with van der Waals surface area (Å²) in [4.78, 5) is 0. The number of halogens is 1. The summed E-state index contributed by atoms with van der Waals surface area (Å²) in [6.45, 7) is 2.77. The first-order valence-electron chi connectivity index (χ1n) is 7.71. The maximum Gasteiger partial charge on any atom is 0.119 e. The first-order valence-corrected chi connectivity index (χ1v) is 8.50. The molecule has 0 bridgehead atoms. The van der Waals surface area contributed by atoms with Gasteiger partial charge in [-0.05, 0) is 48.4 Å². The van der Waals surface area contributed by atoms with Gasteiger partial charge in [0.25, 0.3) is 0 Å². The van der Waals surface area contributed by atoms with Crippen molar-refractivity contribution in [2.45, 2.75) is 32.1 Å². The molecule has 0 saturated heterocycles. The normalized spacial score (nSPS) is 17.1. The fourth-order valence-electron chi connectivity index (χ4n) is 3.29. The van der Waals surface area contributed by atoms with Crippen LogP contribution in [0.2, 0.25) is 0 Å². The van der Waals surface area contributed by atoms with E-state index in [0.717, 1.165) is 31.9 Å². The molecule has 1 aliphatic carbocycles. The predicted octanol–water partition coefficient (Wildman–Crippen LogP) is 3.80. The lowest BCUT2D eigenvalue weighted by Gasteiger charge is -2.30. The lowest BCUT2D eigenvalue weighted by molar-refractivity contribution is 0.189. The van der Waals surface area contributed by atoms with E-state index in [-0.39, 0.29) is 0 Å². The number of methoxy groups -OCH3 is 2. The van der Waals surface area contributed by atoms with Crippen molar-refractivity contribution in [2.75, 3.05) is 33.9 Å². The fourth-order valence-corrected chi connectivity index (χ4v) is 3.67. The highest BCUT2D eigenvalue weighted by Crippen LogP contribution is 2.42. The molecule has 118 valence electrons. The number of rotatable bonds is 8. The van der Waals surface area contributed by atoms with Crippen LogP contribution in [0.4, 0.5) is 0 Å². The summed E-state index contributed by atoms with van der Waals surface area (Å²) in [6, 6.07) is 6.26. The molecule has 21 heavy (non-hydrogen) atoms. The topological polar surface area (TPSA) is 30.5 Å². The second kappa shape index (κ2) is 8.16. The van der Waals surface area contributed by atoms with E-state index in [1.807, 2.05) is 6.07 Å². The van der Waals surface area contributed by atoms with Gasteiger partial charge in [0.05, 0.1) is 13.7 Å². The van der Waals surface area contributed by atoms with Gasteiger partial charge in [0.2, 0.25) is 0 Å². The molecule has 2 rings (SSSR count). The van der Waals surface area contributed by atoms with Crippen molar-refractivity contribution in [1.82, 2.24) is 5.32 Å². The molecule has 3 nitrogen and oxygen atoms in total. The Bertz CT molecular complexity index is 444.